The molecular formula is C24H21NO4. The first-order valence-electron chi connectivity index (χ1n) is 9.85. The summed E-state index contributed by atoms with van der Waals surface area (Å²) >= 11 is 0. The predicted molar refractivity (Wildman–Crippen MR) is 111 cm³/mol. The van der Waals surface area contributed by atoms with E-state index < -0.39 is 5.63 Å². The number of rotatable bonds is 1. The van der Waals surface area contributed by atoms with Crippen LogP contribution < -0.4 is 10.4 Å². The second kappa shape index (κ2) is 6.62. The Bertz CT molecular complexity index is 1200. The second-order valence-corrected chi connectivity index (χ2v) is 7.72. The van der Waals surface area contributed by atoms with Gasteiger partial charge in [0.05, 0.1) is 5.39 Å². The number of hydrogen-bond acceptors (Lipinski definition) is 4. The molecule has 1 saturated heterocycles. The van der Waals surface area contributed by atoms with Crippen LogP contribution in [0, 0.1) is 6.92 Å². The van der Waals surface area contributed by atoms with Crippen LogP contribution in [0.1, 0.15) is 34.5 Å². The average Bonchev–Trinajstić information content (AvgIpc) is 2.76. The van der Waals surface area contributed by atoms with E-state index in [0.717, 1.165) is 16.7 Å². The molecule has 5 nitrogen and oxygen atoms in total. The highest BCUT2D eigenvalue weighted by molar-refractivity contribution is 5.98. The maximum Gasteiger partial charge on any atom is 0.344 e. The van der Waals surface area contributed by atoms with Crippen LogP contribution in [-0.2, 0) is 0 Å². The standard InChI is InChI=1S/C24H21NO4/c1-16-18-7-3-4-8-19(18)23(27)28-21(16)22(26)25-14-12-24(13-15-25)11-10-17-6-2-5-9-20(17)29-24/h2-11H,12-15H2,1H3. The Kier molecular flexibility index (Phi) is 4.05. The zero-order valence-electron chi connectivity index (χ0n) is 16.2. The summed E-state index contributed by atoms with van der Waals surface area (Å²) in [5.41, 5.74) is 0.918. The summed E-state index contributed by atoms with van der Waals surface area (Å²) in [5.74, 6) is 0.779. The van der Waals surface area contributed by atoms with Crippen molar-refractivity contribution in [3.05, 3.63) is 81.9 Å². The first-order chi connectivity index (χ1) is 14.1. The first-order valence-corrected chi connectivity index (χ1v) is 9.85. The van der Waals surface area contributed by atoms with Crippen molar-refractivity contribution in [1.29, 1.82) is 0 Å². The van der Waals surface area contributed by atoms with Crippen LogP contribution >= 0.6 is 0 Å². The molecule has 1 aromatic heterocycles. The van der Waals surface area contributed by atoms with Gasteiger partial charge in [-0.15, -0.1) is 0 Å². The van der Waals surface area contributed by atoms with E-state index in [0.29, 0.717) is 36.9 Å². The van der Waals surface area contributed by atoms with Gasteiger partial charge in [-0.1, -0.05) is 42.5 Å². The molecule has 5 rings (SSSR count). The van der Waals surface area contributed by atoms with Crippen LogP contribution in [0.3, 0.4) is 0 Å². The average molecular weight is 387 g/mol. The van der Waals surface area contributed by atoms with Crippen LogP contribution in [0.5, 0.6) is 5.75 Å². The highest BCUT2D eigenvalue weighted by atomic mass is 16.5. The Hall–Kier alpha value is -3.34. The summed E-state index contributed by atoms with van der Waals surface area (Å²) in [7, 11) is 0. The molecule has 1 fully saturated rings. The van der Waals surface area contributed by atoms with Gasteiger partial charge >= 0.3 is 5.63 Å². The zero-order chi connectivity index (χ0) is 20.0. The lowest BCUT2D eigenvalue weighted by atomic mass is 9.88. The third-order valence-corrected chi connectivity index (χ3v) is 5.98. The van der Waals surface area contributed by atoms with Gasteiger partial charge in [0, 0.05) is 37.1 Å². The number of hydrogen-bond donors (Lipinski definition) is 0. The quantitative estimate of drug-likeness (QED) is 0.628. The summed E-state index contributed by atoms with van der Waals surface area (Å²) < 4.78 is 11.7. The molecule has 0 aliphatic carbocycles. The van der Waals surface area contributed by atoms with Crippen LogP contribution in [0.15, 0.2) is 63.8 Å². The number of likely N-dealkylation sites (tertiary alicyclic amines) is 1. The minimum absolute atomic E-state index is 0.134. The first kappa shape index (κ1) is 17.7. The Morgan fingerprint density at radius 1 is 1.00 bits per heavy atom. The number of piperidine rings is 1. The lowest BCUT2D eigenvalue weighted by molar-refractivity contribution is 0.0309. The van der Waals surface area contributed by atoms with Crippen LogP contribution in [0.25, 0.3) is 16.8 Å². The molecule has 2 aliphatic heterocycles. The molecular weight excluding hydrogens is 366 g/mol. The fourth-order valence-corrected chi connectivity index (χ4v) is 4.25. The second-order valence-electron chi connectivity index (χ2n) is 7.72. The Balaban J connectivity index is 1.38. The third kappa shape index (κ3) is 2.94. The van der Waals surface area contributed by atoms with Crippen LogP contribution in [-0.4, -0.2) is 29.5 Å². The van der Waals surface area contributed by atoms with Crippen molar-refractivity contribution >= 4 is 22.8 Å². The molecule has 0 unspecified atom stereocenters. The van der Waals surface area contributed by atoms with Gasteiger partial charge in [0.1, 0.15) is 11.4 Å². The van der Waals surface area contributed by atoms with E-state index in [4.69, 9.17) is 9.15 Å². The minimum atomic E-state index is -0.474. The number of amides is 1. The summed E-state index contributed by atoms with van der Waals surface area (Å²) in [6, 6.07) is 15.2. The molecule has 0 radical (unpaired) electrons. The number of nitrogens with zero attached hydrogens (tertiary/aromatic N) is 1. The van der Waals surface area contributed by atoms with Crippen molar-refractivity contribution in [1.82, 2.24) is 4.90 Å². The maximum atomic E-state index is 13.1. The molecule has 3 aromatic rings. The maximum absolute atomic E-state index is 13.1. The number of carbonyl (C=O) groups excluding carboxylic acids is 1. The minimum Gasteiger partial charge on any atom is -0.482 e. The number of ether oxygens (including phenoxy) is 1. The smallest absolute Gasteiger partial charge is 0.344 e. The molecule has 2 aliphatic rings. The molecule has 3 heterocycles. The van der Waals surface area contributed by atoms with Crippen LogP contribution in [0.4, 0.5) is 0 Å². The van der Waals surface area contributed by atoms with Crippen molar-refractivity contribution in [3.63, 3.8) is 0 Å². The van der Waals surface area contributed by atoms with Crippen molar-refractivity contribution in [2.24, 2.45) is 0 Å². The van der Waals surface area contributed by atoms with E-state index in [-0.39, 0.29) is 17.3 Å². The van der Waals surface area contributed by atoms with Gasteiger partial charge in [-0.3, -0.25) is 4.79 Å². The van der Waals surface area contributed by atoms with Crippen molar-refractivity contribution in [2.75, 3.05) is 13.1 Å². The normalized spacial score (nSPS) is 17.2. The zero-order valence-corrected chi connectivity index (χ0v) is 16.2. The SMILES string of the molecule is Cc1c(C(=O)N2CCC3(C=Cc4ccccc4O3)CC2)oc(=O)c2ccccc12. The largest absolute Gasteiger partial charge is 0.482 e. The third-order valence-electron chi connectivity index (χ3n) is 5.98. The van der Waals surface area contributed by atoms with Gasteiger partial charge in [0.15, 0.2) is 5.76 Å². The summed E-state index contributed by atoms with van der Waals surface area (Å²) in [4.78, 5) is 27.2. The summed E-state index contributed by atoms with van der Waals surface area (Å²) in [5, 5.41) is 1.26. The van der Waals surface area contributed by atoms with Gasteiger partial charge in [-0.25, -0.2) is 4.79 Å². The van der Waals surface area contributed by atoms with E-state index in [1.54, 1.807) is 17.0 Å². The van der Waals surface area contributed by atoms with Gasteiger partial charge < -0.3 is 14.1 Å². The molecule has 146 valence electrons. The van der Waals surface area contributed by atoms with Gasteiger partial charge in [-0.05, 0) is 30.5 Å². The topological polar surface area (TPSA) is 59.8 Å². The molecule has 0 atom stereocenters. The van der Waals surface area contributed by atoms with E-state index in [2.05, 4.69) is 12.2 Å². The summed E-state index contributed by atoms with van der Waals surface area (Å²) in [6.07, 6.45) is 5.60. The van der Waals surface area contributed by atoms with E-state index >= 15 is 0 Å². The summed E-state index contributed by atoms with van der Waals surface area (Å²) in [6.45, 7) is 2.91. The number of carbonyl (C=O) groups is 1. The highest BCUT2D eigenvalue weighted by Gasteiger charge is 2.38. The van der Waals surface area contributed by atoms with E-state index in [1.165, 1.54) is 0 Å². The van der Waals surface area contributed by atoms with Gasteiger partial charge in [0.25, 0.3) is 5.91 Å². The number of aryl methyl sites for hydroxylation is 1. The fourth-order valence-electron chi connectivity index (χ4n) is 4.25. The van der Waals surface area contributed by atoms with Gasteiger partial charge in [0.2, 0.25) is 0 Å². The molecule has 0 N–H and O–H groups in total. The van der Waals surface area contributed by atoms with Crippen LogP contribution in [0.2, 0.25) is 0 Å². The Labute approximate surface area is 168 Å². The molecule has 1 amide bonds. The Morgan fingerprint density at radius 3 is 2.48 bits per heavy atom. The molecule has 29 heavy (non-hydrogen) atoms. The van der Waals surface area contributed by atoms with Crippen molar-refractivity contribution < 1.29 is 13.9 Å². The van der Waals surface area contributed by atoms with Gasteiger partial charge in [-0.2, -0.15) is 0 Å². The Morgan fingerprint density at radius 2 is 1.69 bits per heavy atom. The van der Waals surface area contributed by atoms with E-state index in [9.17, 15) is 9.59 Å². The fraction of sp³-hybridized carbons (Fsp3) is 0.250. The lowest BCUT2D eigenvalue weighted by Gasteiger charge is -2.41. The number of para-hydroxylation sites is 1. The predicted octanol–water partition coefficient (Wildman–Crippen LogP) is 4.18. The van der Waals surface area contributed by atoms with Crippen molar-refractivity contribution in [3.8, 4) is 5.75 Å². The number of fused-ring (bicyclic) bond motifs is 2. The number of benzene rings is 2. The molecule has 0 saturated carbocycles. The molecule has 1 spiro atoms. The lowest BCUT2D eigenvalue weighted by Crippen LogP contribution is -2.49. The molecule has 5 heteroatoms. The molecule has 2 aromatic carbocycles. The van der Waals surface area contributed by atoms with Crippen molar-refractivity contribution in [2.45, 2.75) is 25.4 Å². The highest BCUT2D eigenvalue weighted by Crippen LogP contribution is 2.37. The van der Waals surface area contributed by atoms with E-state index in [1.807, 2.05) is 43.3 Å². The molecule has 0 bridgehead atoms. The monoisotopic (exact) mass is 387 g/mol.